The Morgan fingerprint density at radius 1 is 1.18 bits per heavy atom. The molecule has 9 heteroatoms. The van der Waals surface area contributed by atoms with Crippen LogP contribution in [0.15, 0.2) is 59.7 Å². The minimum atomic E-state index is -0.970. The molecule has 1 aliphatic rings. The van der Waals surface area contributed by atoms with Gasteiger partial charge in [-0.2, -0.15) is 11.3 Å². The highest BCUT2D eigenvalue weighted by Gasteiger charge is 2.41. The van der Waals surface area contributed by atoms with Crippen molar-refractivity contribution in [1.29, 1.82) is 0 Å². The summed E-state index contributed by atoms with van der Waals surface area (Å²) in [5.41, 5.74) is 8.66. The number of anilines is 2. The fraction of sp³-hybridized carbons (Fsp3) is 0.280. The van der Waals surface area contributed by atoms with Crippen molar-refractivity contribution in [3.63, 3.8) is 0 Å². The van der Waals surface area contributed by atoms with Crippen LogP contribution in [-0.4, -0.2) is 49.2 Å². The molecule has 3 aromatic heterocycles. The molecule has 1 saturated carbocycles. The number of benzene rings is 1. The minimum absolute atomic E-state index is 0.102. The van der Waals surface area contributed by atoms with Crippen molar-refractivity contribution >= 4 is 39.7 Å². The van der Waals surface area contributed by atoms with E-state index in [1.54, 1.807) is 17.5 Å². The van der Waals surface area contributed by atoms with E-state index in [4.69, 9.17) is 5.73 Å². The number of ketones is 1. The number of rotatable bonds is 7. The van der Waals surface area contributed by atoms with E-state index in [1.807, 2.05) is 23.6 Å². The summed E-state index contributed by atoms with van der Waals surface area (Å²) in [5.74, 6) is 0.560. The number of thiophene rings is 1. The Hall–Kier alpha value is -3.40. The van der Waals surface area contributed by atoms with Gasteiger partial charge in [0.25, 0.3) is 0 Å². The number of fused-ring (bicyclic) bond motifs is 1. The zero-order valence-corrected chi connectivity index (χ0v) is 19.2. The first-order chi connectivity index (χ1) is 16.5. The second kappa shape index (κ2) is 9.46. The average Bonchev–Trinajstić information content (AvgIpc) is 3.47. The number of aliphatic hydroxyl groups is 2. The number of nitrogens with one attached hydrogen (secondary N) is 1. The lowest BCUT2D eigenvalue weighted by molar-refractivity contribution is 0.0158. The normalized spacial score (nSPS) is 22.2. The van der Waals surface area contributed by atoms with E-state index in [-0.39, 0.29) is 11.7 Å². The molecule has 0 amide bonds. The molecule has 4 atom stereocenters. The average molecular weight is 476 g/mol. The standard InChI is InChI=1S/C25H25N5O3S/c26-21-6-5-15-3-1-14(9-19(15)29-21)2-4-16-10-20(24(33)23(16)32)30-25-18(11-27-13-28-25)22(31)17-7-8-34-12-17/h1,3,5-9,11-13,16,20,23-24,32-33H,2,4,10H2,(H2,26,29)(H,27,28,30)/t16-,20+,23+,24-/m0/s1. The topological polar surface area (TPSA) is 134 Å². The zero-order chi connectivity index (χ0) is 23.7. The van der Waals surface area contributed by atoms with Crippen LogP contribution < -0.4 is 11.1 Å². The van der Waals surface area contributed by atoms with E-state index in [9.17, 15) is 15.0 Å². The van der Waals surface area contributed by atoms with E-state index in [1.165, 1.54) is 23.9 Å². The summed E-state index contributed by atoms with van der Waals surface area (Å²) >= 11 is 1.44. The van der Waals surface area contributed by atoms with Crippen molar-refractivity contribution in [2.75, 3.05) is 11.1 Å². The van der Waals surface area contributed by atoms with Gasteiger partial charge in [0.2, 0.25) is 0 Å². The summed E-state index contributed by atoms with van der Waals surface area (Å²) in [6.45, 7) is 0. The van der Waals surface area contributed by atoms with Gasteiger partial charge in [-0.15, -0.1) is 0 Å². The van der Waals surface area contributed by atoms with Crippen LogP contribution in [0.4, 0.5) is 11.6 Å². The quantitative estimate of drug-likeness (QED) is 0.300. The maximum absolute atomic E-state index is 12.8. The molecular weight excluding hydrogens is 450 g/mol. The molecule has 4 aromatic rings. The lowest BCUT2D eigenvalue weighted by Crippen LogP contribution is -2.35. The van der Waals surface area contributed by atoms with Gasteiger partial charge in [-0.3, -0.25) is 4.79 Å². The lowest BCUT2D eigenvalue weighted by atomic mass is 9.95. The second-order valence-corrected chi connectivity index (χ2v) is 9.44. The van der Waals surface area contributed by atoms with Crippen molar-refractivity contribution in [1.82, 2.24) is 15.0 Å². The maximum atomic E-state index is 12.8. The van der Waals surface area contributed by atoms with Gasteiger partial charge in [0, 0.05) is 22.5 Å². The number of carbonyl (C=O) groups is 1. The summed E-state index contributed by atoms with van der Waals surface area (Å²) in [6, 6.07) is 11.1. The Morgan fingerprint density at radius 2 is 2.03 bits per heavy atom. The van der Waals surface area contributed by atoms with E-state index in [2.05, 4.69) is 26.3 Å². The fourth-order valence-corrected chi connectivity index (χ4v) is 5.21. The van der Waals surface area contributed by atoms with Crippen molar-refractivity contribution in [2.45, 2.75) is 37.5 Å². The molecule has 3 heterocycles. The molecule has 5 N–H and O–H groups in total. The Morgan fingerprint density at radius 3 is 2.85 bits per heavy atom. The molecule has 5 rings (SSSR count). The molecule has 0 saturated heterocycles. The highest BCUT2D eigenvalue weighted by atomic mass is 32.1. The van der Waals surface area contributed by atoms with Crippen LogP contribution >= 0.6 is 11.3 Å². The number of aromatic nitrogens is 3. The van der Waals surface area contributed by atoms with Gasteiger partial charge in [0.1, 0.15) is 24.1 Å². The third-order valence-corrected chi connectivity index (χ3v) is 7.13. The van der Waals surface area contributed by atoms with Crippen LogP contribution in [-0.2, 0) is 6.42 Å². The van der Waals surface area contributed by atoms with E-state index < -0.39 is 18.2 Å². The molecule has 0 bridgehead atoms. The van der Waals surface area contributed by atoms with Gasteiger partial charge >= 0.3 is 0 Å². The molecule has 1 fully saturated rings. The molecule has 8 nitrogen and oxygen atoms in total. The third kappa shape index (κ3) is 4.50. The number of nitrogen functional groups attached to an aromatic ring is 1. The third-order valence-electron chi connectivity index (χ3n) is 6.45. The molecule has 0 unspecified atom stereocenters. The Balaban J connectivity index is 1.27. The van der Waals surface area contributed by atoms with Crippen LogP contribution in [0.5, 0.6) is 0 Å². The Kier molecular flexibility index (Phi) is 6.23. The molecule has 0 radical (unpaired) electrons. The monoisotopic (exact) mass is 475 g/mol. The molecular formula is C25H25N5O3S. The largest absolute Gasteiger partial charge is 0.390 e. The SMILES string of the molecule is Nc1ccc2ccc(CC[C@H]3C[C@@H](Nc4ncncc4C(=O)c4ccsc4)[C@H](O)[C@@H]3O)cc2n1. The van der Waals surface area contributed by atoms with Gasteiger partial charge in [-0.25, -0.2) is 15.0 Å². The van der Waals surface area contributed by atoms with Gasteiger partial charge < -0.3 is 21.3 Å². The summed E-state index contributed by atoms with van der Waals surface area (Å²) in [7, 11) is 0. The number of nitrogens with zero attached hydrogens (tertiary/aromatic N) is 3. The molecule has 174 valence electrons. The first-order valence-electron chi connectivity index (χ1n) is 11.1. The zero-order valence-electron chi connectivity index (χ0n) is 18.3. The minimum Gasteiger partial charge on any atom is -0.390 e. The number of carbonyl (C=O) groups excluding carboxylic acids is 1. The number of pyridine rings is 1. The molecule has 1 aromatic carbocycles. The predicted molar refractivity (Wildman–Crippen MR) is 132 cm³/mol. The number of hydrogen-bond donors (Lipinski definition) is 4. The van der Waals surface area contributed by atoms with Gasteiger partial charge in [0.15, 0.2) is 5.78 Å². The number of hydrogen-bond acceptors (Lipinski definition) is 9. The van der Waals surface area contributed by atoms with Gasteiger partial charge in [0.05, 0.1) is 23.2 Å². The number of aliphatic hydroxyl groups excluding tert-OH is 2. The lowest BCUT2D eigenvalue weighted by Gasteiger charge is -2.19. The van der Waals surface area contributed by atoms with Crippen LogP contribution in [0.3, 0.4) is 0 Å². The maximum Gasteiger partial charge on any atom is 0.199 e. The van der Waals surface area contributed by atoms with Crippen LogP contribution in [0, 0.1) is 5.92 Å². The van der Waals surface area contributed by atoms with Gasteiger partial charge in [-0.1, -0.05) is 12.1 Å². The highest BCUT2D eigenvalue weighted by molar-refractivity contribution is 7.08. The van der Waals surface area contributed by atoms with E-state index in [0.29, 0.717) is 35.6 Å². The van der Waals surface area contributed by atoms with Crippen molar-refractivity contribution in [3.8, 4) is 0 Å². The Labute approximate surface area is 200 Å². The summed E-state index contributed by atoms with van der Waals surface area (Å²) in [4.78, 5) is 25.5. The van der Waals surface area contributed by atoms with Crippen molar-refractivity contribution in [3.05, 3.63) is 76.4 Å². The number of aryl methyl sites for hydroxylation is 1. The first kappa shape index (κ1) is 22.4. The van der Waals surface area contributed by atoms with E-state index in [0.717, 1.165) is 22.9 Å². The smallest absolute Gasteiger partial charge is 0.199 e. The molecule has 0 aliphatic heterocycles. The van der Waals surface area contributed by atoms with Crippen molar-refractivity contribution in [2.24, 2.45) is 5.92 Å². The summed E-state index contributed by atoms with van der Waals surface area (Å²) in [6.07, 6.45) is 2.99. The summed E-state index contributed by atoms with van der Waals surface area (Å²) in [5, 5.41) is 29.2. The van der Waals surface area contributed by atoms with Crippen LogP contribution in [0.1, 0.15) is 34.3 Å². The predicted octanol–water partition coefficient (Wildman–Crippen LogP) is 3.05. The van der Waals surface area contributed by atoms with Crippen molar-refractivity contribution < 1.29 is 15.0 Å². The van der Waals surface area contributed by atoms with E-state index >= 15 is 0 Å². The molecule has 34 heavy (non-hydrogen) atoms. The highest BCUT2D eigenvalue weighted by Crippen LogP contribution is 2.33. The molecule has 0 spiro atoms. The summed E-state index contributed by atoms with van der Waals surface area (Å²) < 4.78 is 0. The molecule has 1 aliphatic carbocycles. The fourth-order valence-electron chi connectivity index (χ4n) is 4.58. The Bertz CT molecular complexity index is 1310. The van der Waals surface area contributed by atoms with Crippen LogP contribution in [0.25, 0.3) is 10.9 Å². The van der Waals surface area contributed by atoms with Crippen LogP contribution in [0.2, 0.25) is 0 Å². The van der Waals surface area contributed by atoms with Gasteiger partial charge in [-0.05, 0) is 60.4 Å². The first-order valence-corrected chi connectivity index (χ1v) is 12.1. The second-order valence-electron chi connectivity index (χ2n) is 8.66. The number of nitrogens with two attached hydrogens (primary N) is 1.